The highest BCUT2D eigenvalue weighted by Gasteiger charge is 2.45. The van der Waals surface area contributed by atoms with Gasteiger partial charge in [0.2, 0.25) is 0 Å². The summed E-state index contributed by atoms with van der Waals surface area (Å²) in [6.07, 6.45) is 2.75. The topological polar surface area (TPSA) is 46.9 Å². The number of hydrogen-bond donors (Lipinski definition) is 1. The quantitative estimate of drug-likeness (QED) is 0.914. The van der Waals surface area contributed by atoms with Gasteiger partial charge in [-0.1, -0.05) is 39.3 Å². The second kappa shape index (κ2) is 4.57. The van der Waals surface area contributed by atoms with Crippen LogP contribution in [0.2, 0.25) is 5.02 Å². The van der Waals surface area contributed by atoms with Crippen molar-refractivity contribution in [3.8, 4) is 0 Å². The lowest BCUT2D eigenvalue weighted by molar-refractivity contribution is 0.464. The van der Waals surface area contributed by atoms with Gasteiger partial charge in [0.1, 0.15) is 5.02 Å². The van der Waals surface area contributed by atoms with Gasteiger partial charge in [-0.3, -0.25) is 4.79 Å². The van der Waals surface area contributed by atoms with Gasteiger partial charge in [0.05, 0.1) is 11.9 Å². The number of halogens is 1. The van der Waals surface area contributed by atoms with E-state index in [9.17, 15) is 4.79 Å². The van der Waals surface area contributed by atoms with Crippen LogP contribution in [0.3, 0.4) is 0 Å². The highest BCUT2D eigenvalue weighted by Crippen LogP contribution is 2.46. The van der Waals surface area contributed by atoms with Crippen LogP contribution in [-0.4, -0.2) is 15.8 Å². The first-order valence-electron chi connectivity index (χ1n) is 6.33. The molecule has 1 aliphatic rings. The summed E-state index contributed by atoms with van der Waals surface area (Å²) >= 11 is 6.11. The predicted molar refractivity (Wildman–Crippen MR) is 74.2 cm³/mol. The molecule has 1 aromatic heterocycles. The van der Waals surface area contributed by atoms with E-state index in [2.05, 4.69) is 24.3 Å². The summed E-state index contributed by atoms with van der Waals surface area (Å²) in [5, 5.41) is 7.70. The molecule has 4 nitrogen and oxygen atoms in total. The lowest BCUT2D eigenvalue weighted by Gasteiger charge is -2.12. The van der Waals surface area contributed by atoms with Crippen LogP contribution in [0.1, 0.15) is 34.1 Å². The third-order valence-corrected chi connectivity index (χ3v) is 3.73. The molecule has 1 saturated carbocycles. The molecule has 0 amide bonds. The zero-order valence-corrected chi connectivity index (χ0v) is 12.1. The van der Waals surface area contributed by atoms with Crippen LogP contribution >= 0.6 is 11.6 Å². The summed E-state index contributed by atoms with van der Waals surface area (Å²) in [6, 6.07) is 0.386. The van der Waals surface area contributed by atoms with Gasteiger partial charge in [0, 0.05) is 12.6 Å². The van der Waals surface area contributed by atoms with E-state index in [-0.39, 0.29) is 16.0 Å². The van der Waals surface area contributed by atoms with Gasteiger partial charge in [-0.15, -0.1) is 0 Å². The Kier molecular flexibility index (Phi) is 3.41. The summed E-state index contributed by atoms with van der Waals surface area (Å²) < 4.78 is 1.43. The first-order valence-corrected chi connectivity index (χ1v) is 6.71. The van der Waals surface area contributed by atoms with Gasteiger partial charge in [0.15, 0.2) is 0 Å². The molecule has 0 bridgehead atoms. The fraction of sp³-hybridized carbons (Fsp3) is 0.692. The highest BCUT2D eigenvalue weighted by atomic mass is 35.5. The van der Waals surface area contributed by atoms with E-state index in [4.69, 9.17) is 11.6 Å². The Morgan fingerprint density at radius 3 is 2.72 bits per heavy atom. The second-order valence-corrected chi connectivity index (χ2v) is 6.52. The third-order valence-electron chi connectivity index (χ3n) is 3.37. The molecule has 0 aliphatic heterocycles. The minimum atomic E-state index is -0.214. The molecule has 5 heteroatoms. The molecule has 1 fully saturated rings. The molecule has 100 valence electrons. The first-order chi connectivity index (χ1) is 8.31. The van der Waals surface area contributed by atoms with Gasteiger partial charge in [-0.05, 0) is 17.8 Å². The van der Waals surface area contributed by atoms with Crippen molar-refractivity contribution in [1.82, 2.24) is 9.78 Å². The Morgan fingerprint density at radius 2 is 2.22 bits per heavy atom. The van der Waals surface area contributed by atoms with Gasteiger partial charge < -0.3 is 5.32 Å². The van der Waals surface area contributed by atoms with Crippen molar-refractivity contribution in [3.05, 3.63) is 21.6 Å². The summed E-state index contributed by atoms with van der Waals surface area (Å²) in [5.74, 6) is 0.368. The maximum absolute atomic E-state index is 12.0. The zero-order valence-electron chi connectivity index (χ0n) is 11.3. The smallest absolute Gasteiger partial charge is 0.287 e. The molecule has 1 heterocycles. The summed E-state index contributed by atoms with van der Waals surface area (Å²) in [5.41, 5.74) is 0.724. The molecule has 0 radical (unpaired) electrons. The molecular weight excluding hydrogens is 250 g/mol. The minimum absolute atomic E-state index is 0.214. The van der Waals surface area contributed by atoms with Crippen LogP contribution in [0, 0.1) is 11.3 Å². The number of rotatable bonds is 4. The predicted octanol–water partition coefficient (Wildman–Crippen LogP) is 2.76. The Labute approximate surface area is 112 Å². The number of aromatic nitrogens is 2. The molecular formula is C13H20ClN3O. The van der Waals surface area contributed by atoms with Crippen molar-refractivity contribution >= 4 is 17.3 Å². The molecule has 1 aromatic rings. The Morgan fingerprint density at radius 1 is 1.61 bits per heavy atom. The molecule has 1 N–H and O–H groups in total. The lowest BCUT2D eigenvalue weighted by atomic mass is 10.2. The van der Waals surface area contributed by atoms with E-state index in [1.165, 1.54) is 4.68 Å². The van der Waals surface area contributed by atoms with E-state index in [1.54, 1.807) is 6.20 Å². The largest absolute Gasteiger partial charge is 0.379 e. The molecule has 18 heavy (non-hydrogen) atoms. The number of nitrogens with zero attached hydrogens (tertiary/aromatic N) is 2. The molecule has 1 aliphatic carbocycles. The monoisotopic (exact) mass is 269 g/mol. The van der Waals surface area contributed by atoms with E-state index < -0.39 is 0 Å². The maximum Gasteiger partial charge on any atom is 0.287 e. The highest BCUT2D eigenvalue weighted by molar-refractivity contribution is 6.32. The van der Waals surface area contributed by atoms with Crippen LogP contribution in [0.5, 0.6) is 0 Å². The van der Waals surface area contributed by atoms with Crippen LogP contribution in [0.4, 0.5) is 5.69 Å². The lowest BCUT2D eigenvalue weighted by Crippen LogP contribution is -2.26. The molecule has 0 saturated heterocycles. The Bertz CT molecular complexity index is 507. The minimum Gasteiger partial charge on any atom is -0.379 e. The van der Waals surface area contributed by atoms with E-state index in [1.807, 2.05) is 13.8 Å². The Hall–Kier alpha value is -1.03. The van der Waals surface area contributed by atoms with Crippen LogP contribution in [0.25, 0.3) is 0 Å². The van der Waals surface area contributed by atoms with Crippen LogP contribution in [-0.2, 0) is 6.54 Å². The van der Waals surface area contributed by atoms with Crippen molar-refractivity contribution in [2.75, 3.05) is 5.32 Å². The molecule has 1 unspecified atom stereocenters. The van der Waals surface area contributed by atoms with Gasteiger partial charge in [-0.2, -0.15) is 5.10 Å². The van der Waals surface area contributed by atoms with Crippen LogP contribution in [0.15, 0.2) is 11.0 Å². The number of nitrogens with one attached hydrogen (secondary N) is 1. The average Bonchev–Trinajstić information content (AvgIpc) is 2.85. The van der Waals surface area contributed by atoms with Crippen molar-refractivity contribution in [2.45, 2.75) is 46.7 Å². The average molecular weight is 270 g/mol. The normalized spacial score (nSPS) is 21.1. The summed E-state index contributed by atoms with van der Waals surface area (Å²) in [4.78, 5) is 12.0. The number of anilines is 1. The second-order valence-electron chi connectivity index (χ2n) is 6.14. The fourth-order valence-electron chi connectivity index (χ4n) is 1.94. The maximum atomic E-state index is 12.0. The number of hydrogen-bond acceptors (Lipinski definition) is 3. The van der Waals surface area contributed by atoms with Crippen molar-refractivity contribution in [2.24, 2.45) is 11.3 Å². The molecule has 0 spiro atoms. The van der Waals surface area contributed by atoms with Gasteiger partial charge in [-0.25, -0.2) is 4.68 Å². The summed E-state index contributed by atoms with van der Waals surface area (Å²) in [6.45, 7) is 9.05. The van der Waals surface area contributed by atoms with E-state index >= 15 is 0 Å². The van der Waals surface area contributed by atoms with Gasteiger partial charge in [0.25, 0.3) is 5.56 Å². The van der Waals surface area contributed by atoms with E-state index in [0.29, 0.717) is 24.2 Å². The SMILES string of the molecule is CC(C)Cn1ncc(NC2CC2(C)C)c(Cl)c1=O. The molecule has 1 atom stereocenters. The third kappa shape index (κ3) is 2.69. The van der Waals surface area contributed by atoms with Crippen molar-refractivity contribution in [3.63, 3.8) is 0 Å². The fourth-order valence-corrected chi connectivity index (χ4v) is 2.14. The van der Waals surface area contributed by atoms with Crippen molar-refractivity contribution in [1.29, 1.82) is 0 Å². The Balaban J connectivity index is 2.19. The molecule has 2 rings (SSSR count). The first kappa shape index (κ1) is 13.4. The molecule has 0 aromatic carbocycles. The van der Waals surface area contributed by atoms with Crippen LogP contribution < -0.4 is 10.9 Å². The standard InChI is InChI=1S/C13H20ClN3O/c1-8(2)7-17-12(18)11(14)9(6-15-17)16-10-5-13(10,3)4/h6,8,10,16H,5,7H2,1-4H3. The summed E-state index contributed by atoms with van der Waals surface area (Å²) in [7, 11) is 0. The zero-order chi connectivity index (χ0) is 13.5. The van der Waals surface area contributed by atoms with Gasteiger partial charge >= 0.3 is 0 Å². The van der Waals surface area contributed by atoms with Crippen molar-refractivity contribution < 1.29 is 0 Å². The van der Waals surface area contributed by atoms with E-state index in [0.717, 1.165) is 6.42 Å².